The van der Waals surface area contributed by atoms with Crippen LogP contribution in [0.4, 0.5) is 4.39 Å². The summed E-state index contributed by atoms with van der Waals surface area (Å²) in [6.45, 7) is 2.31. The summed E-state index contributed by atoms with van der Waals surface area (Å²) < 4.78 is 14.9. The van der Waals surface area contributed by atoms with Gasteiger partial charge in [0, 0.05) is 10.9 Å². The van der Waals surface area contributed by atoms with E-state index in [1.54, 1.807) is 16.8 Å². The zero-order chi connectivity index (χ0) is 23.1. The number of nitrogens with zero attached hydrogens (tertiary/aromatic N) is 3. The highest BCUT2D eigenvalue weighted by Crippen LogP contribution is 2.37. The molecule has 0 spiro atoms. The summed E-state index contributed by atoms with van der Waals surface area (Å²) in [6, 6.07) is 13.6. The van der Waals surface area contributed by atoms with Gasteiger partial charge in [-0.05, 0) is 67.2 Å². The van der Waals surface area contributed by atoms with Gasteiger partial charge in [-0.15, -0.1) is 0 Å². The molecule has 0 amide bonds. The third-order valence-electron chi connectivity index (χ3n) is 6.06. The van der Waals surface area contributed by atoms with Crippen LogP contribution >= 0.6 is 11.6 Å². The van der Waals surface area contributed by atoms with Crippen molar-refractivity contribution in [1.82, 2.24) is 14.8 Å². The lowest BCUT2D eigenvalue weighted by molar-refractivity contribution is 0.0697. The van der Waals surface area contributed by atoms with E-state index in [0.717, 1.165) is 46.5 Å². The molecule has 2 aromatic heterocycles. The van der Waals surface area contributed by atoms with Crippen molar-refractivity contribution in [1.29, 1.82) is 0 Å². The first-order valence-electron chi connectivity index (χ1n) is 10.8. The molecule has 7 heteroatoms. The summed E-state index contributed by atoms with van der Waals surface area (Å²) in [7, 11) is 0. The Kier molecular flexibility index (Phi) is 5.46. The lowest BCUT2D eigenvalue weighted by Gasteiger charge is -2.21. The Morgan fingerprint density at radius 1 is 1.18 bits per heavy atom. The Balaban J connectivity index is 1.60. The molecule has 2 aromatic carbocycles. The number of carboxylic acids is 1. The zero-order valence-corrected chi connectivity index (χ0v) is 18.7. The Labute approximate surface area is 195 Å². The number of hydrogen-bond donors (Lipinski definition) is 1. The Bertz CT molecular complexity index is 1420. The molecule has 2 heterocycles. The predicted octanol–water partition coefficient (Wildman–Crippen LogP) is 6.16. The molecule has 1 aliphatic rings. The molecule has 0 radical (unpaired) electrons. The Hall–Kier alpha value is -3.51. The summed E-state index contributed by atoms with van der Waals surface area (Å²) in [5.74, 6) is -1.23. The number of carboxylic acid groups (broad SMARTS) is 1. The second kappa shape index (κ2) is 8.45. The molecule has 0 fully saturated rings. The number of aromatic nitrogens is 3. The van der Waals surface area contributed by atoms with Gasteiger partial charge in [0.1, 0.15) is 11.0 Å². The molecule has 1 aliphatic carbocycles. The standard InChI is InChI=1S/C26H21ClFN3O2/c1-15-21(25(27)31(30-15)14-16-9-11-18(28)12-10-16)13-17-5-4-7-20-23(26(32)33)19-6-2-3-8-22(19)29-24(17)20/h2-3,6,8-13H,4-5,7,14H2,1H3,(H,32,33). The largest absolute Gasteiger partial charge is 0.478 e. The number of rotatable bonds is 4. The van der Waals surface area contributed by atoms with Crippen molar-refractivity contribution in [3.63, 3.8) is 0 Å². The van der Waals surface area contributed by atoms with Gasteiger partial charge in [0.2, 0.25) is 0 Å². The fraction of sp³-hybridized carbons (Fsp3) is 0.192. The van der Waals surface area contributed by atoms with Crippen LogP contribution in [0.3, 0.4) is 0 Å². The van der Waals surface area contributed by atoms with Gasteiger partial charge in [-0.2, -0.15) is 5.10 Å². The number of aromatic carboxylic acids is 1. The van der Waals surface area contributed by atoms with Gasteiger partial charge in [0.05, 0.1) is 29.0 Å². The van der Waals surface area contributed by atoms with E-state index in [1.165, 1.54) is 12.1 Å². The number of carbonyl (C=O) groups is 1. The van der Waals surface area contributed by atoms with Gasteiger partial charge in [0.25, 0.3) is 0 Å². The molecule has 5 nitrogen and oxygen atoms in total. The van der Waals surface area contributed by atoms with Crippen LogP contribution in [0.25, 0.3) is 22.6 Å². The van der Waals surface area contributed by atoms with Crippen molar-refractivity contribution in [3.8, 4) is 0 Å². The molecular formula is C26H21ClFN3O2. The predicted molar refractivity (Wildman–Crippen MR) is 127 cm³/mol. The maximum absolute atomic E-state index is 13.2. The number of fused-ring (bicyclic) bond motifs is 2. The molecule has 0 aliphatic heterocycles. The van der Waals surface area contributed by atoms with Gasteiger partial charge < -0.3 is 5.11 Å². The van der Waals surface area contributed by atoms with Gasteiger partial charge in [-0.3, -0.25) is 0 Å². The third-order valence-corrected chi connectivity index (χ3v) is 6.46. The number of allylic oxidation sites excluding steroid dienone is 1. The van der Waals surface area contributed by atoms with Crippen LogP contribution in [0, 0.1) is 12.7 Å². The van der Waals surface area contributed by atoms with Crippen LogP contribution in [-0.2, 0) is 13.0 Å². The van der Waals surface area contributed by atoms with E-state index in [2.05, 4.69) is 5.10 Å². The van der Waals surface area contributed by atoms with Crippen molar-refractivity contribution < 1.29 is 14.3 Å². The quantitative estimate of drug-likeness (QED) is 0.395. The molecule has 0 saturated heterocycles. The average molecular weight is 462 g/mol. The van der Waals surface area contributed by atoms with Gasteiger partial charge in [-0.25, -0.2) is 18.9 Å². The van der Waals surface area contributed by atoms with Crippen molar-refractivity contribution in [2.45, 2.75) is 32.7 Å². The number of hydrogen-bond acceptors (Lipinski definition) is 3. The molecule has 5 rings (SSSR count). The fourth-order valence-electron chi connectivity index (χ4n) is 4.49. The van der Waals surface area contributed by atoms with Gasteiger partial charge >= 0.3 is 5.97 Å². The van der Waals surface area contributed by atoms with Crippen LogP contribution in [0.15, 0.2) is 48.5 Å². The number of benzene rings is 2. The smallest absolute Gasteiger partial charge is 0.336 e. The maximum atomic E-state index is 13.2. The fourth-order valence-corrected chi connectivity index (χ4v) is 4.78. The molecule has 1 N–H and O–H groups in total. The molecule has 166 valence electrons. The van der Waals surface area contributed by atoms with Crippen LogP contribution < -0.4 is 0 Å². The highest BCUT2D eigenvalue weighted by molar-refractivity contribution is 6.31. The molecule has 4 aromatic rings. The molecule has 0 atom stereocenters. The Morgan fingerprint density at radius 2 is 1.94 bits per heavy atom. The summed E-state index contributed by atoms with van der Waals surface area (Å²) in [6.07, 6.45) is 4.26. The molecule has 0 unspecified atom stereocenters. The minimum Gasteiger partial charge on any atom is -0.478 e. The molecular weight excluding hydrogens is 441 g/mol. The Morgan fingerprint density at radius 3 is 2.70 bits per heavy atom. The number of halogens is 2. The summed E-state index contributed by atoms with van der Waals surface area (Å²) in [5, 5.41) is 15.7. The first-order chi connectivity index (χ1) is 15.9. The first-order valence-corrected chi connectivity index (χ1v) is 11.1. The highest BCUT2D eigenvalue weighted by Gasteiger charge is 2.25. The summed E-state index contributed by atoms with van der Waals surface area (Å²) >= 11 is 6.70. The van der Waals surface area contributed by atoms with Crippen LogP contribution in [-0.4, -0.2) is 25.8 Å². The van der Waals surface area contributed by atoms with E-state index < -0.39 is 5.97 Å². The minimum atomic E-state index is -0.938. The first kappa shape index (κ1) is 21.3. The van der Waals surface area contributed by atoms with E-state index in [-0.39, 0.29) is 5.82 Å². The van der Waals surface area contributed by atoms with E-state index in [4.69, 9.17) is 16.6 Å². The van der Waals surface area contributed by atoms with Crippen molar-refractivity contribution in [2.75, 3.05) is 0 Å². The zero-order valence-electron chi connectivity index (χ0n) is 18.0. The lowest BCUT2D eigenvalue weighted by atomic mass is 9.86. The monoisotopic (exact) mass is 461 g/mol. The van der Waals surface area contributed by atoms with Crippen LogP contribution in [0.5, 0.6) is 0 Å². The molecule has 0 saturated carbocycles. The van der Waals surface area contributed by atoms with Gasteiger partial charge in [0.15, 0.2) is 0 Å². The van der Waals surface area contributed by atoms with E-state index in [1.807, 2.05) is 37.3 Å². The average Bonchev–Trinajstić information content (AvgIpc) is 3.06. The second-order valence-corrected chi connectivity index (χ2v) is 8.59. The van der Waals surface area contributed by atoms with E-state index >= 15 is 0 Å². The SMILES string of the molecule is Cc1nn(Cc2ccc(F)cc2)c(Cl)c1C=C1CCCc2c1nc1ccccc1c2C(=O)O. The minimum absolute atomic E-state index is 0.288. The molecule has 0 bridgehead atoms. The number of aryl methyl sites for hydroxylation is 1. The second-order valence-electron chi connectivity index (χ2n) is 8.23. The lowest BCUT2D eigenvalue weighted by Crippen LogP contribution is -2.13. The van der Waals surface area contributed by atoms with Crippen molar-refractivity contribution >= 4 is 40.1 Å². The van der Waals surface area contributed by atoms with E-state index in [9.17, 15) is 14.3 Å². The highest BCUT2D eigenvalue weighted by atomic mass is 35.5. The maximum Gasteiger partial charge on any atom is 0.336 e. The van der Waals surface area contributed by atoms with E-state index in [0.29, 0.717) is 34.6 Å². The summed E-state index contributed by atoms with van der Waals surface area (Å²) in [4.78, 5) is 17.0. The topological polar surface area (TPSA) is 68.0 Å². The van der Waals surface area contributed by atoms with Crippen LogP contribution in [0.2, 0.25) is 5.15 Å². The number of pyridine rings is 1. The van der Waals surface area contributed by atoms with Crippen LogP contribution in [0.1, 0.15) is 51.3 Å². The number of para-hydroxylation sites is 1. The third kappa shape index (κ3) is 3.91. The van der Waals surface area contributed by atoms with Crippen molar-refractivity contribution in [3.05, 3.63) is 93.1 Å². The normalized spacial score (nSPS) is 14.6. The molecule has 33 heavy (non-hydrogen) atoms. The van der Waals surface area contributed by atoms with Crippen molar-refractivity contribution in [2.24, 2.45) is 0 Å². The van der Waals surface area contributed by atoms with Gasteiger partial charge in [-0.1, -0.05) is 41.9 Å². The summed E-state index contributed by atoms with van der Waals surface area (Å²) in [5.41, 5.74) is 5.88.